The Balaban J connectivity index is 1.68. The van der Waals surface area contributed by atoms with Crippen LogP contribution in [-0.2, 0) is 0 Å². The van der Waals surface area contributed by atoms with Gasteiger partial charge in [-0.15, -0.1) is 0 Å². The fraction of sp³-hybridized carbons (Fsp3) is 0.318. The van der Waals surface area contributed by atoms with Crippen LogP contribution in [0.15, 0.2) is 43.0 Å². The number of hydrogen-bond donors (Lipinski definition) is 1. The summed E-state index contributed by atoms with van der Waals surface area (Å²) in [5.41, 5.74) is 13.6. The van der Waals surface area contributed by atoms with Gasteiger partial charge in [0.25, 0.3) is 0 Å². The van der Waals surface area contributed by atoms with Gasteiger partial charge in [0, 0.05) is 30.0 Å². The Kier molecular flexibility index (Phi) is 4.81. The summed E-state index contributed by atoms with van der Waals surface area (Å²) >= 11 is 0. The molecule has 1 heterocycles. The molecule has 0 aliphatic carbocycles. The summed E-state index contributed by atoms with van der Waals surface area (Å²) in [5.74, 6) is 0.556. The first-order valence-corrected chi connectivity index (χ1v) is 8.80. The van der Waals surface area contributed by atoms with Crippen molar-refractivity contribution in [2.75, 3.05) is 18.8 Å². The van der Waals surface area contributed by atoms with Gasteiger partial charge >= 0.3 is 0 Å². The summed E-state index contributed by atoms with van der Waals surface area (Å²) in [6.07, 6.45) is 2.20. The normalized spacial score (nSPS) is 15.0. The second kappa shape index (κ2) is 7.03. The number of benzene rings is 2. The van der Waals surface area contributed by atoms with E-state index in [2.05, 4.69) is 48.7 Å². The van der Waals surface area contributed by atoms with E-state index in [0.717, 1.165) is 54.0 Å². The van der Waals surface area contributed by atoms with Crippen molar-refractivity contribution >= 4 is 11.4 Å². The van der Waals surface area contributed by atoms with Crippen molar-refractivity contribution < 1.29 is 0 Å². The van der Waals surface area contributed by atoms with Crippen LogP contribution in [0.2, 0.25) is 0 Å². The average molecular weight is 331 g/mol. The summed E-state index contributed by atoms with van der Waals surface area (Å²) in [5, 5.41) is 8.93. The molecular formula is C22H25N3. The number of nitrogens with two attached hydrogens (primary N) is 1. The molecule has 0 radical (unpaired) electrons. The Bertz CT molecular complexity index is 820. The molecule has 0 aromatic heterocycles. The van der Waals surface area contributed by atoms with Gasteiger partial charge in [0.2, 0.25) is 0 Å². The summed E-state index contributed by atoms with van der Waals surface area (Å²) in [6, 6.07) is 14.4. The first kappa shape index (κ1) is 17.1. The number of aryl methyl sites for hydroxylation is 2. The number of likely N-dealkylation sites (tertiary alicyclic amines) is 1. The molecule has 0 atom stereocenters. The number of nitrogen functional groups attached to an aromatic ring is 1. The molecule has 1 fully saturated rings. The third kappa shape index (κ3) is 3.53. The van der Waals surface area contributed by atoms with Gasteiger partial charge in [-0.2, -0.15) is 5.26 Å². The van der Waals surface area contributed by atoms with Crippen molar-refractivity contribution in [2.24, 2.45) is 0 Å². The predicted octanol–water partition coefficient (Wildman–Crippen LogP) is 4.61. The zero-order valence-electron chi connectivity index (χ0n) is 15.0. The molecule has 2 aromatic rings. The number of nitriles is 1. The number of rotatable bonds is 3. The average Bonchev–Trinajstić information content (AvgIpc) is 2.64. The lowest BCUT2D eigenvalue weighted by atomic mass is 9.88. The molecule has 1 saturated heterocycles. The molecule has 0 saturated carbocycles. The molecule has 25 heavy (non-hydrogen) atoms. The largest absolute Gasteiger partial charge is 0.398 e. The second-order valence-electron chi connectivity index (χ2n) is 6.97. The van der Waals surface area contributed by atoms with Crippen LogP contribution in [0.1, 0.15) is 46.6 Å². The van der Waals surface area contributed by atoms with Crippen LogP contribution < -0.4 is 5.73 Å². The molecule has 0 amide bonds. The van der Waals surface area contributed by atoms with Crippen LogP contribution >= 0.6 is 0 Å². The lowest BCUT2D eigenvalue weighted by molar-refractivity contribution is 0.299. The van der Waals surface area contributed by atoms with Crippen molar-refractivity contribution in [3.63, 3.8) is 0 Å². The molecule has 1 aliphatic rings. The van der Waals surface area contributed by atoms with E-state index >= 15 is 0 Å². The minimum Gasteiger partial charge on any atom is -0.398 e. The first-order valence-electron chi connectivity index (χ1n) is 8.80. The van der Waals surface area contributed by atoms with Gasteiger partial charge in [0.15, 0.2) is 0 Å². The SMILES string of the molecule is C=C(c1cc(N)c(C)cc1C)N1CCC(c2ccc(C#N)cc2)CC1. The smallest absolute Gasteiger partial charge is 0.0991 e. The standard InChI is InChI=1S/C22H25N3/c1-15-12-16(2)22(24)13-21(15)17(3)25-10-8-20(9-11-25)19-6-4-18(14-23)5-7-19/h4-7,12-13,20H,3,8-11,24H2,1-2H3. The Morgan fingerprint density at radius 2 is 1.76 bits per heavy atom. The van der Waals surface area contributed by atoms with Crippen LogP contribution in [-0.4, -0.2) is 18.0 Å². The Hall–Kier alpha value is -2.73. The summed E-state index contributed by atoms with van der Waals surface area (Å²) < 4.78 is 0. The van der Waals surface area contributed by atoms with Crippen LogP contribution in [0, 0.1) is 25.2 Å². The van der Waals surface area contributed by atoms with Crippen molar-refractivity contribution in [3.05, 3.63) is 70.8 Å². The molecule has 3 nitrogen and oxygen atoms in total. The molecule has 0 unspecified atom stereocenters. The van der Waals surface area contributed by atoms with Gasteiger partial charge in [0.1, 0.15) is 0 Å². The second-order valence-corrected chi connectivity index (χ2v) is 6.97. The molecule has 3 heteroatoms. The number of piperidine rings is 1. The number of hydrogen-bond acceptors (Lipinski definition) is 3. The molecule has 128 valence electrons. The highest BCUT2D eigenvalue weighted by Crippen LogP contribution is 2.33. The lowest BCUT2D eigenvalue weighted by Crippen LogP contribution is -2.31. The van der Waals surface area contributed by atoms with E-state index in [1.165, 1.54) is 11.1 Å². The summed E-state index contributed by atoms with van der Waals surface area (Å²) in [7, 11) is 0. The van der Waals surface area contributed by atoms with E-state index < -0.39 is 0 Å². The highest BCUT2D eigenvalue weighted by molar-refractivity contribution is 5.69. The number of nitrogens with zero attached hydrogens (tertiary/aromatic N) is 2. The Morgan fingerprint density at radius 3 is 2.36 bits per heavy atom. The van der Waals surface area contributed by atoms with Gasteiger partial charge in [-0.3, -0.25) is 0 Å². The van der Waals surface area contributed by atoms with Crippen LogP contribution in [0.5, 0.6) is 0 Å². The minimum atomic E-state index is 0.556. The maximum absolute atomic E-state index is 8.93. The monoisotopic (exact) mass is 331 g/mol. The maximum Gasteiger partial charge on any atom is 0.0991 e. The summed E-state index contributed by atoms with van der Waals surface area (Å²) in [4.78, 5) is 2.37. The fourth-order valence-corrected chi connectivity index (χ4v) is 3.66. The van der Waals surface area contributed by atoms with Crippen molar-refractivity contribution in [3.8, 4) is 6.07 Å². The maximum atomic E-state index is 8.93. The Morgan fingerprint density at radius 1 is 1.12 bits per heavy atom. The van der Waals surface area contributed by atoms with Gasteiger partial charge in [-0.1, -0.05) is 24.8 Å². The van der Waals surface area contributed by atoms with Crippen LogP contribution in [0.25, 0.3) is 5.70 Å². The first-order chi connectivity index (χ1) is 12.0. The molecule has 0 spiro atoms. The Labute approximate surface area is 150 Å². The topological polar surface area (TPSA) is 53.0 Å². The minimum absolute atomic E-state index is 0.556. The molecule has 2 aromatic carbocycles. The van der Waals surface area contributed by atoms with Crippen LogP contribution in [0.3, 0.4) is 0 Å². The molecular weight excluding hydrogens is 306 g/mol. The zero-order chi connectivity index (χ0) is 18.0. The van der Waals surface area contributed by atoms with Crippen LogP contribution in [0.4, 0.5) is 5.69 Å². The zero-order valence-corrected chi connectivity index (χ0v) is 15.0. The fourth-order valence-electron chi connectivity index (χ4n) is 3.66. The van der Waals surface area contributed by atoms with E-state index in [1.54, 1.807) is 0 Å². The number of anilines is 1. The molecule has 0 bridgehead atoms. The van der Waals surface area contributed by atoms with Crippen molar-refractivity contribution in [2.45, 2.75) is 32.6 Å². The van der Waals surface area contributed by atoms with E-state index in [1.807, 2.05) is 19.1 Å². The van der Waals surface area contributed by atoms with Crippen molar-refractivity contribution in [1.82, 2.24) is 4.90 Å². The van der Waals surface area contributed by atoms with Gasteiger partial charge in [0.05, 0.1) is 11.6 Å². The predicted molar refractivity (Wildman–Crippen MR) is 104 cm³/mol. The third-order valence-corrected chi connectivity index (χ3v) is 5.31. The molecule has 2 N–H and O–H groups in total. The summed E-state index contributed by atoms with van der Waals surface area (Å²) in [6.45, 7) is 10.5. The van der Waals surface area contributed by atoms with Gasteiger partial charge in [-0.25, -0.2) is 0 Å². The quantitative estimate of drug-likeness (QED) is 0.836. The molecule has 1 aliphatic heterocycles. The van der Waals surface area contributed by atoms with E-state index in [9.17, 15) is 0 Å². The van der Waals surface area contributed by atoms with Gasteiger partial charge < -0.3 is 10.6 Å². The van der Waals surface area contributed by atoms with Gasteiger partial charge in [-0.05, 0) is 67.5 Å². The van der Waals surface area contributed by atoms with E-state index in [0.29, 0.717) is 5.92 Å². The van der Waals surface area contributed by atoms with E-state index in [-0.39, 0.29) is 0 Å². The third-order valence-electron chi connectivity index (χ3n) is 5.31. The lowest BCUT2D eigenvalue weighted by Gasteiger charge is -2.35. The molecule has 3 rings (SSSR count). The van der Waals surface area contributed by atoms with E-state index in [4.69, 9.17) is 11.0 Å². The van der Waals surface area contributed by atoms with Crippen molar-refractivity contribution in [1.29, 1.82) is 5.26 Å². The highest BCUT2D eigenvalue weighted by atomic mass is 15.1. The highest BCUT2D eigenvalue weighted by Gasteiger charge is 2.22.